The minimum absolute atomic E-state index is 0.581. The highest BCUT2D eigenvalue weighted by Gasteiger charge is 2.26. The summed E-state index contributed by atoms with van der Waals surface area (Å²) in [6.07, 6.45) is 4.38. The van der Waals surface area contributed by atoms with Crippen molar-refractivity contribution in [3.05, 3.63) is 30.5 Å². The molecule has 2 N–H and O–H groups in total. The van der Waals surface area contributed by atoms with Crippen LogP contribution in [0.15, 0.2) is 30.5 Å². The molecule has 2 heterocycles. The Morgan fingerprint density at radius 1 is 1.35 bits per heavy atom. The third-order valence-electron chi connectivity index (χ3n) is 4.04. The van der Waals surface area contributed by atoms with Gasteiger partial charge in [-0.25, -0.2) is 0 Å². The monoisotopic (exact) mass is 270 g/mol. The van der Waals surface area contributed by atoms with E-state index in [9.17, 15) is 0 Å². The van der Waals surface area contributed by atoms with Crippen molar-refractivity contribution in [3.8, 4) is 0 Å². The molecule has 3 rings (SSSR count). The normalized spacial score (nSPS) is 19.1. The lowest BCUT2D eigenvalue weighted by Crippen LogP contribution is -2.37. The summed E-state index contributed by atoms with van der Waals surface area (Å²) in [5.74, 6) is 0. The van der Waals surface area contributed by atoms with E-state index >= 15 is 0 Å². The van der Waals surface area contributed by atoms with E-state index in [-0.39, 0.29) is 0 Å². The summed E-state index contributed by atoms with van der Waals surface area (Å²) in [6, 6.07) is 8.76. The fourth-order valence-electron chi connectivity index (χ4n) is 3.20. The number of pyridine rings is 1. The van der Waals surface area contributed by atoms with Crippen molar-refractivity contribution >= 4 is 22.3 Å². The molecule has 0 aliphatic carbocycles. The Labute approximate surface area is 120 Å². The number of anilines is 2. The summed E-state index contributed by atoms with van der Waals surface area (Å²) in [7, 11) is 4.28. The van der Waals surface area contributed by atoms with Gasteiger partial charge in [-0.05, 0) is 39.1 Å². The van der Waals surface area contributed by atoms with Gasteiger partial charge < -0.3 is 15.5 Å². The Morgan fingerprint density at radius 3 is 3.00 bits per heavy atom. The zero-order valence-electron chi connectivity index (χ0n) is 12.2. The van der Waals surface area contributed by atoms with Crippen LogP contribution in [0.4, 0.5) is 11.4 Å². The molecule has 1 unspecified atom stereocenters. The summed E-state index contributed by atoms with van der Waals surface area (Å²) in [5.41, 5.74) is 8.99. The van der Waals surface area contributed by atoms with Crippen molar-refractivity contribution in [3.63, 3.8) is 0 Å². The molecule has 0 radical (unpaired) electrons. The molecular formula is C16H22N4. The molecule has 1 aliphatic heterocycles. The molecule has 0 saturated carbocycles. The van der Waals surface area contributed by atoms with E-state index in [0.29, 0.717) is 6.04 Å². The van der Waals surface area contributed by atoms with Gasteiger partial charge in [0.1, 0.15) is 0 Å². The number of nitrogen functional groups attached to an aromatic ring is 1. The van der Waals surface area contributed by atoms with Crippen LogP contribution in [0.2, 0.25) is 0 Å². The largest absolute Gasteiger partial charge is 0.397 e. The highest BCUT2D eigenvalue weighted by Crippen LogP contribution is 2.33. The topological polar surface area (TPSA) is 45.4 Å². The quantitative estimate of drug-likeness (QED) is 0.870. The first kappa shape index (κ1) is 13.2. The molecule has 1 saturated heterocycles. The average molecular weight is 270 g/mol. The lowest BCUT2D eigenvalue weighted by molar-refractivity contribution is 0.372. The summed E-state index contributed by atoms with van der Waals surface area (Å²) in [5, 5.41) is 1.16. The smallest absolute Gasteiger partial charge is 0.0951 e. The van der Waals surface area contributed by atoms with Crippen LogP contribution in [-0.2, 0) is 0 Å². The van der Waals surface area contributed by atoms with Crippen molar-refractivity contribution in [1.29, 1.82) is 0 Å². The van der Waals surface area contributed by atoms with Crippen molar-refractivity contribution in [2.75, 3.05) is 37.8 Å². The summed E-state index contributed by atoms with van der Waals surface area (Å²) < 4.78 is 0. The first-order valence-electron chi connectivity index (χ1n) is 7.21. The predicted octanol–water partition coefficient (Wildman–Crippen LogP) is 2.35. The molecule has 1 aromatic heterocycles. The highest BCUT2D eigenvalue weighted by atomic mass is 15.2. The van der Waals surface area contributed by atoms with E-state index < -0.39 is 0 Å². The number of nitrogens with two attached hydrogens (primary N) is 1. The molecular weight excluding hydrogens is 248 g/mol. The molecule has 4 nitrogen and oxygen atoms in total. The molecule has 0 bridgehead atoms. The van der Waals surface area contributed by atoms with Gasteiger partial charge in [-0.2, -0.15) is 0 Å². The van der Waals surface area contributed by atoms with Crippen LogP contribution in [0.25, 0.3) is 10.9 Å². The third kappa shape index (κ3) is 2.31. The predicted molar refractivity (Wildman–Crippen MR) is 85.1 cm³/mol. The van der Waals surface area contributed by atoms with Crippen molar-refractivity contribution in [2.45, 2.75) is 18.9 Å². The number of fused-ring (bicyclic) bond motifs is 1. The van der Waals surface area contributed by atoms with Gasteiger partial charge in [0, 0.05) is 36.4 Å². The van der Waals surface area contributed by atoms with Crippen LogP contribution in [-0.4, -0.2) is 43.1 Å². The first-order valence-corrected chi connectivity index (χ1v) is 7.21. The number of hydrogen-bond donors (Lipinski definition) is 1. The minimum atomic E-state index is 0.581. The van der Waals surface area contributed by atoms with Crippen molar-refractivity contribution in [2.24, 2.45) is 0 Å². The lowest BCUT2D eigenvalue weighted by Gasteiger charge is -2.30. The molecule has 0 spiro atoms. The zero-order valence-corrected chi connectivity index (χ0v) is 12.2. The molecule has 2 aromatic rings. The summed E-state index contributed by atoms with van der Waals surface area (Å²) in [6.45, 7) is 2.21. The SMILES string of the molecule is CN(C)CC1CCCN1c1ccnc2c(N)cccc12. The molecule has 20 heavy (non-hydrogen) atoms. The average Bonchev–Trinajstić information content (AvgIpc) is 2.86. The number of rotatable bonds is 3. The second kappa shape index (κ2) is 5.29. The highest BCUT2D eigenvalue weighted by molar-refractivity contribution is 5.98. The fourth-order valence-corrected chi connectivity index (χ4v) is 3.20. The van der Waals surface area contributed by atoms with E-state index in [1.807, 2.05) is 18.3 Å². The van der Waals surface area contributed by atoms with Gasteiger partial charge in [0.15, 0.2) is 0 Å². The van der Waals surface area contributed by atoms with Crippen LogP contribution in [0.3, 0.4) is 0 Å². The van der Waals surface area contributed by atoms with Crippen LogP contribution < -0.4 is 10.6 Å². The number of para-hydroxylation sites is 1. The number of hydrogen-bond acceptors (Lipinski definition) is 4. The van der Waals surface area contributed by atoms with E-state index in [1.54, 1.807) is 0 Å². The van der Waals surface area contributed by atoms with E-state index in [2.05, 4.69) is 41.0 Å². The van der Waals surface area contributed by atoms with Gasteiger partial charge in [0.2, 0.25) is 0 Å². The number of nitrogens with zero attached hydrogens (tertiary/aromatic N) is 3. The summed E-state index contributed by atoms with van der Waals surface area (Å²) in [4.78, 5) is 9.22. The molecule has 1 atom stereocenters. The standard InChI is InChI=1S/C16H22N4/c1-19(2)11-12-5-4-10-20(12)15-8-9-18-16-13(15)6-3-7-14(16)17/h3,6-9,12H,4-5,10-11,17H2,1-2H3. The Hall–Kier alpha value is -1.81. The molecule has 106 valence electrons. The Morgan fingerprint density at radius 2 is 2.20 bits per heavy atom. The number of aromatic nitrogens is 1. The second-order valence-electron chi connectivity index (χ2n) is 5.83. The maximum Gasteiger partial charge on any atom is 0.0951 e. The molecule has 1 fully saturated rings. The Balaban J connectivity index is 2.03. The van der Waals surface area contributed by atoms with E-state index in [0.717, 1.165) is 29.7 Å². The third-order valence-corrected chi connectivity index (χ3v) is 4.04. The number of likely N-dealkylation sites (N-methyl/N-ethyl adjacent to an activating group) is 1. The molecule has 0 amide bonds. The maximum atomic E-state index is 6.05. The second-order valence-corrected chi connectivity index (χ2v) is 5.83. The molecule has 1 aromatic carbocycles. The molecule has 1 aliphatic rings. The Kier molecular flexibility index (Phi) is 3.49. The van der Waals surface area contributed by atoms with Gasteiger partial charge in [-0.3, -0.25) is 4.98 Å². The fraction of sp³-hybridized carbons (Fsp3) is 0.438. The molecule has 4 heteroatoms. The lowest BCUT2D eigenvalue weighted by atomic mass is 10.1. The van der Waals surface area contributed by atoms with Crippen LogP contribution in [0, 0.1) is 0 Å². The van der Waals surface area contributed by atoms with Crippen molar-refractivity contribution in [1.82, 2.24) is 9.88 Å². The van der Waals surface area contributed by atoms with E-state index in [4.69, 9.17) is 5.73 Å². The van der Waals surface area contributed by atoms with Gasteiger partial charge in [0.25, 0.3) is 0 Å². The number of benzene rings is 1. The maximum absolute atomic E-state index is 6.05. The van der Waals surface area contributed by atoms with Gasteiger partial charge in [0.05, 0.1) is 11.2 Å². The van der Waals surface area contributed by atoms with Crippen molar-refractivity contribution < 1.29 is 0 Å². The van der Waals surface area contributed by atoms with Crippen LogP contribution in [0.5, 0.6) is 0 Å². The van der Waals surface area contributed by atoms with Gasteiger partial charge >= 0.3 is 0 Å². The van der Waals surface area contributed by atoms with Gasteiger partial charge in [-0.1, -0.05) is 12.1 Å². The van der Waals surface area contributed by atoms with Crippen LogP contribution in [0.1, 0.15) is 12.8 Å². The minimum Gasteiger partial charge on any atom is -0.397 e. The van der Waals surface area contributed by atoms with Crippen LogP contribution >= 0.6 is 0 Å². The zero-order chi connectivity index (χ0) is 14.1. The van der Waals surface area contributed by atoms with Gasteiger partial charge in [-0.15, -0.1) is 0 Å². The Bertz CT molecular complexity index is 608. The summed E-state index contributed by atoms with van der Waals surface area (Å²) >= 11 is 0. The first-order chi connectivity index (χ1) is 9.66. The van der Waals surface area contributed by atoms with E-state index in [1.165, 1.54) is 18.5 Å².